The molecule has 0 aromatic heterocycles. The van der Waals surface area contributed by atoms with E-state index in [1.807, 2.05) is 0 Å². The van der Waals surface area contributed by atoms with E-state index in [1.165, 1.54) is 6.92 Å². The molecule has 0 atom stereocenters. The largest absolute Gasteiger partial charge is 0.508 e. The summed E-state index contributed by atoms with van der Waals surface area (Å²) in [7, 11) is 0. The zero-order valence-electron chi connectivity index (χ0n) is 9.82. The smallest absolute Gasteiger partial charge is 0.308 e. The van der Waals surface area contributed by atoms with Gasteiger partial charge in [0.2, 0.25) is 0 Å². The standard InChI is InChI=1S/C13H18O3/c1-3-4-5-7-11-12(15)8-6-9-13(11)16-10(2)14/h6,8-9,15H,3-5,7H2,1-2H3. The van der Waals surface area contributed by atoms with Gasteiger partial charge in [-0.15, -0.1) is 0 Å². The second-order valence-corrected chi connectivity index (χ2v) is 3.80. The molecule has 0 bridgehead atoms. The molecular formula is C13H18O3. The number of carbonyl (C=O) groups excluding carboxylic acids is 1. The lowest BCUT2D eigenvalue weighted by Gasteiger charge is -2.10. The van der Waals surface area contributed by atoms with Crippen molar-refractivity contribution in [3.05, 3.63) is 23.8 Å². The Balaban J connectivity index is 2.81. The molecule has 1 rings (SSSR count). The molecular weight excluding hydrogens is 204 g/mol. The molecule has 0 amide bonds. The number of phenols is 1. The third-order valence-electron chi connectivity index (χ3n) is 2.39. The molecule has 0 unspecified atom stereocenters. The van der Waals surface area contributed by atoms with Gasteiger partial charge in [0.05, 0.1) is 0 Å². The van der Waals surface area contributed by atoms with Gasteiger partial charge < -0.3 is 9.84 Å². The lowest BCUT2D eigenvalue weighted by atomic mass is 10.1. The molecule has 0 heterocycles. The van der Waals surface area contributed by atoms with Crippen LogP contribution in [0.5, 0.6) is 11.5 Å². The van der Waals surface area contributed by atoms with Crippen molar-refractivity contribution < 1.29 is 14.6 Å². The minimum Gasteiger partial charge on any atom is -0.508 e. The number of hydrogen-bond acceptors (Lipinski definition) is 3. The maximum atomic E-state index is 10.9. The van der Waals surface area contributed by atoms with Crippen LogP contribution in [0.2, 0.25) is 0 Å². The van der Waals surface area contributed by atoms with Crippen LogP contribution in [-0.4, -0.2) is 11.1 Å². The Hall–Kier alpha value is -1.51. The third kappa shape index (κ3) is 3.57. The SMILES string of the molecule is CCCCCc1c(O)cccc1OC(C)=O. The van der Waals surface area contributed by atoms with Crippen molar-refractivity contribution in [2.24, 2.45) is 0 Å². The van der Waals surface area contributed by atoms with Crippen molar-refractivity contribution in [3.8, 4) is 11.5 Å². The molecule has 0 spiro atoms. The van der Waals surface area contributed by atoms with Crippen LogP contribution in [0.3, 0.4) is 0 Å². The highest BCUT2D eigenvalue weighted by Crippen LogP contribution is 2.29. The van der Waals surface area contributed by atoms with Gasteiger partial charge in [0.15, 0.2) is 0 Å². The second kappa shape index (κ2) is 6.16. The van der Waals surface area contributed by atoms with E-state index >= 15 is 0 Å². The summed E-state index contributed by atoms with van der Waals surface area (Å²) in [5.74, 6) is 0.320. The van der Waals surface area contributed by atoms with Crippen LogP contribution in [-0.2, 0) is 11.2 Å². The Labute approximate surface area is 96.1 Å². The fourth-order valence-electron chi connectivity index (χ4n) is 1.61. The topological polar surface area (TPSA) is 46.5 Å². The highest BCUT2D eigenvalue weighted by atomic mass is 16.5. The molecule has 0 aliphatic rings. The van der Waals surface area contributed by atoms with Crippen molar-refractivity contribution in [3.63, 3.8) is 0 Å². The molecule has 1 aromatic carbocycles. The van der Waals surface area contributed by atoms with Crippen LogP contribution in [0.15, 0.2) is 18.2 Å². The average Bonchev–Trinajstić information content (AvgIpc) is 2.21. The van der Waals surface area contributed by atoms with E-state index < -0.39 is 0 Å². The van der Waals surface area contributed by atoms with Gasteiger partial charge in [-0.25, -0.2) is 0 Å². The van der Waals surface area contributed by atoms with E-state index in [4.69, 9.17) is 4.74 Å². The van der Waals surface area contributed by atoms with Gasteiger partial charge in [0.25, 0.3) is 0 Å². The van der Waals surface area contributed by atoms with Crippen molar-refractivity contribution in [1.29, 1.82) is 0 Å². The quantitative estimate of drug-likeness (QED) is 0.473. The summed E-state index contributed by atoms with van der Waals surface area (Å²) < 4.78 is 5.06. The van der Waals surface area contributed by atoms with Gasteiger partial charge in [-0.3, -0.25) is 4.79 Å². The van der Waals surface area contributed by atoms with Crippen LogP contribution in [0, 0.1) is 0 Å². The summed E-state index contributed by atoms with van der Waals surface area (Å²) >= 11 is 0. The fraction of sp³-hybridized carbons (Fsp3) is 0.462. The summed E-state index contributed by atoms with van der Waals surface area (Å²) in [6, 6.07) is 5.01. The van der Waals surface area contributed by atoms with Gasteiger partial charge in [-0.2, -0.15) is 0 Å². The molecule has 3 heteroatoms. The third-order valence-corrected chi connectivity index (χ3v) is 2.39. The highest BCUT2D eigenvalue weighted by Gasteiger charge is 2.10. The molecule has 0 fully saturated rings. The second-order valence-electron chi connectivity index (χ2n) is 3.80. The van der Waals surface area contributed by atoms with Gasteiger partial charge in [-0.1, -0.05) is 25.8 Å². The summed E-state index contributed by atoms with van der Waals surface area (Å²) in [6.07, 6.45) is 3.95. The molecule has 0 aliphatic heterocycles. The zero-order valence-corrected chi connectivity index (χ0v) is 9.82. The number of carbonyl (C=O) groups is 1. The van der Waals surface area contributed by atoms with E-state index in [2.05, 4.69) is 6.92 Å². The maximum Gasteiger partial charge on any atom is 0.308 e. The van der Waals surface area contributed by atoms with Crippen molar-refractivity contribution in [1.82, 2.24) is 0 Å². The Morgan fingerprint density at radius 3 is 2.75 bits per heavy atom. The number of unbranched alkanes of at least 4 members (excludes halogenated alkanes) is 2. The minimum atomic E-state index is -0.359. The van der Waals surface area contributed by atoms with Crippen LogP contribution in [0.25, 0.3) is 0 Å². The van der Waals surface area contributed by atoms with E-state index in [0.717, 1.165) is 31.2 Å². The van der Waals surface area contributed by atoms with E-state index in [1.54, 1.807) is 18.2 Å². The van der Waals surface area contributed by atoms with Crippen LogP contribution >= 0.6 is 0 Å². The Morgan fingerprint density at radius 2 is 2.12 bits per heavy atom. The predicted molar refractivity (Wildman–Crippen MR) is 62.6 cm³/mol. The lowest BCUT2D eigenvalue weighted by molar-refractivity contribution is -0.131. The summed E-state index contributed by atoms with van der Waals surface area (Å²) in [5.41, 5.74) is 0.728. The van der Waals surface area contributed by atoms with Gasteiger partial charge >= 0.3 is 5.97 Å². The Bertz CT molecular complexity index is 358. The molecule has 16 heavy (non-hydrogen) atoms. The Kier molecular flexibility index (Phi) is 4.83. The van der Waals surface area contributed by atoms with Gasteiger partial charge in [0.1, 0.15) is 11.5 Å². The van der Waals surface area contributed by atoms with E-state index in [9.17, 15) is 9.90 Å². The molecule has 1 aromatic rings. The number of ether oxygens (including phenoxy) is 1. The fourth-order valence-corrected chi connectivity index (χ4v) is 1.61. The average molecular weight is 222 g/mol. The maximum absolute atomic E-state index is 10.9. The predicted octanol–water partition coefficient (Wildman–Crippen LogP) is 3.05. The molecule has 3 nitrogen and oxygen atoms in total. The first-order chi connectivity index (χ1) is 7.65. The van der Waals surface area contributed by atoms with Gasteiger partial charge in [0, 0.05) is 12.5 Å². The molecule has 0 saturated heterocycles. The molecule has 1 N–H and O–H groups in total. The van der Waals surface area contributed by atoms with Crippen LogP contribution in [0.4, 0.5) is 0 Å². The minimum absolute atomic E-state index is 0.204. The highest BCUT2D eigenvalue weighted by molar-refractivity contribution is 5.70. The van der Waals surface area contributed by atoms with Crippen LogP contribution in [0.1, 0.15) is 38.7 Å². The van der Waals surface area contributed by atoms with Crippen molar-refractivity contribution in [2.45, 2.75) is 39.5 Å². The van der Waals surface area contributed by atoms with Crippen LogP contribution < -0.4 is 4.74 Å². The normalized spacial score (nSPS) is 10.1. The van der Waals surface area contributed by atoms with E-state index in [-0.39, 0.29) is 11.7 Å². The molecule has 0 aliphatic carbocycles. The van der Waals surface area contributed by atoms with Gasteiger partial charge in [-0.05, 0) is 25.0 Å². The first-order valence-corrected chi connectivity index (χ1v) is 5.64. The summed E-state index contributed by atoms with van der Waals surface area (Å²) in [6.45, 7) is 3.48. The molecule has 0 saturated carbocycles. The Morgan fingerprint density at radius 1 is 1.38 bits per heavy atom. The number of aromatic hydroxyl groups is 1. The number of hydrogen-bond donors (Lipinski definition) is 1. The number of benzene rings is 1. The van der Waals surface area contributed by atoms with Crippen molar-refractivity contribution in [2.75, 3.05) is 0 Å². The van der Waals surface area contributed by atoms with E-state index in [0.29, 0.717) is 5.75 Å². The lowest BCUT2D eigenvalue weighted by Crippen LogP contribution is -2.04. The monoisotopic (exact) mass is 222 g/mol. The number of rotatable bonds is 5. The number of esters is 1. The number of phenolic OH excluding ortho intramolecular Hbond substituents is 1. The summed E-state index contributed by atoms with van der Waals surface area (Å²) in [5, 5.41) is 9.71. The molecule has 88 valence electrons. The zero-order chi connectivity index (χ0) is 12.0. The van der Waals surface area contributed by atoms with Crippen molar-refractivity contribution >= 4 is 5.97 Å². The first kappa shape index (κ1) is 12.6. The summed E-state index contributed by atoms with van der Waals surface area (Å²) in [4.78, 5) is 10.9. The first-order valence-electron chi connectivity index (χ1n) is 5.64. The molecule has 0 radical (unpaired) electrons.